The fourth-order valence-electron chi connectivity index (χ4n) is 3.90. The van der Waals surface area contributed by atoms with Crippen molar-refractivity contribution in [1.82, 2.24) is 0 Å². The zero-order valence-electron chi connectivity index (χ0n) is 14.4. The minimum atomic E-state index is -0.233. The summed E-state index contributed by atoms with van der Waals surface area (Å²) in [6, 6.07) is 0. The molecule has 2 heteroatoms. The van der Waals surface area contributed by atoms with Crippen LogP contribution >= 0.6 is 0 Å². The average molecular weight is 306 g/mol. The average Bonchev–Trinajstić information content (AvgIpc) is 3.14. The zero-order chi connectivity index (χ0) is 15.7. The highest BCUT2D eigenvalue weighted by Gasteiger charge is 2.47. The van der Waals surface area contributed by atoms with Crippen LogP contribution in [0.3, 0.4) is 0 Å². The van der Waals surface area contributed by atoms with Crippen LogP contribution in [-0.2, 0) is 9.53 Å². The maximum atomic E-state index is 12.2. The first kappa shape index (κ1) is 17.6. The molecule has 126 valence electrons. The summed E-state index contributed by atoms with van der Waals surface area (Å²) < 4.78 is 5.53. The predicted octanol–water partition coefficient (Wildman–Crippen LogP) is 5.81. The molecule has 0 aromatic heterocycles. The normalized spacial score (nSPS) is 25.8. The Morgan fingerprint density at radius 1 is 1.05 bits per heavy atom. The molecule has 2 aliphatic carbocycles. The lowest BCUT2D eigenvalue weighted by Gasteiger charge is -2.21. The van der Waals surface area contributed by atoms with Crippen molar-refractivity contribution in [3.8, 4) is 0 Å². The van der Waals surface area contributed by atoms with Crippen molar-refractivity contribution in [2.45, 2.75) is 90.4 Å². The highest BCUT2D eigenvalue weighted by molar-refractivity contribution is 5.80. The fraction of sp³-hybridized carbons (Fsp3) is 0.850. The topological polar surface area (TPSA) is 26.3 Å². The minimum absolute atomic E-state index is 0.0414. The highest BCUT2D eigenvalue weighted by Crippen LogP contribution is 2.49. The van der Waals surface area contributed by atoms with Gasteiger partial charge in [0.2, 0.25) is 0 Å². The summed E-state index contributed by atoms with van der Waals surface area (Å²) in [4.78, 5) is 12.2. The second-order valence-electron chi connectivity index (χ2n) is 7.34. The molecule has 22 heavy (non-hydrogen) atoms. The monoisotopic (exact) mass is 306 g/mol. The van der Waals surface area contributed by atoms with Crippen molar-refractivity contribution >= 4 is 5.97 Å². The lowest BCUT2D eigenvalue weighted by Crippen LogP contribution is -2.27. The number of carbonyl (C=O) groups excluding carboxylic acids is 1. The summed E-state index contributed by atoms with van der Waals surface area (Å²) in [5.41, 5.74) is -0.233. The molecule has 2 unspecified atom stereocenters. The van der Waals surface area contributed by atoms with Crippen LogP contribution < -0.4 is 0 Å². The van der Waals surface area contributed by atoms with E-state index in [4.69, 9.17) is 4.74 Å². The van der Waals surface area contributed by atoms with Gasteiger partial charge in [0.15, 0.2) is 0 Å². The van der Waals surface area contributed by atoms with Gasteiger partial charge in [-0.25, -0.2) is 0 Å². The molecule has 1 fully saturated rings. The fourth-order valence-corrected chi connectivity index (χ4v) is 3.90. The van der Waals surface area contributed by atoms with E-state index < -0.39 is 0 Å². The molecule has 0 amide bonds. The van der Waals surface area contributed by atoms with Gasteiger partial charge in [0.25, 0.3) is 0 Å². The van der Waals surface area contributed by atoms with Gasteiger partial charge >= 0.3 is 5.97 Å². The molecule has 2 bridgehead atoms. The van der Waals surface area contributed by atoms with Gasteiger partial charge in [0.1, 0.15) is 0 Å². The van der Waals surface area contributed by atoms with E-state index >= 15 is 0 Å². The van der Waals surface area contributed by atoms with E-state index in [9.17, 15) is 4.79 Å². The Morgan fingerprint density at radius 3 is 2.18 bits per heavy atom. The van der Waals surface area contributed by atoms with E-state index in [-0.39, 0.29) is 11.4 Å². The number of rotatable bonds is 12. The Morgan fingerprint density at radius 2 is 1.68 bits per heavy atom. The van der Waals surface area contributed by atoms with Crippen molar-refractivity contribution in [2.24, 2.45) is 11.3 Å². The zero-order valence-corrected chi connectivity index (χ0v) is 14.4. The minimum Gasteiger partial charge on any atom is -0.465 e. The van der Waals surface area contributed by atoms with E-state index in [1.807, 2.05) is 0 Å². The molecule has 2 nitrogen and oxygen atoms in total. The number of hydrogen-bond acceptors (Lipinski definition) is 2. The van der Waals surface area contributed by atoms with Crippen LogP contribution in [0.5, 0.6) is 0 Å². The standard InChI is InChI=1S/C20H34O2/c1-2-3-4-5-6-7-8-9-10-11-16-22-19(21)20-14-12-18(17-20)13-15-20/h12,14,18H,2-11,13,15-17H2,1H3. The number of ether oxygens (including phenoxy) is 1. The largest absolute Gasteiger partial charge is 0.465 e. The quantitative estimate of drug-likeness (QED) is 0.258. The smallest absolute Gasteiger partial charge is 0.315 e. The van der Waals surface area contributed by atoms with Crippen molar-refractivity contribution in [1.29, 1.82) is 0 Å². The summed E-state index contributed by atoms with van der Waals surface area (Å²) in [6.07, 6.45) is 20.7. The third kappa shape index (κ3) is 5.14. The molecular weight excluding hydrogens is 272 g/mol. The first-order valence-electron chi connectivity index (χ1n) is 9.63. The number of unbranched alkanes of at least 4 members (excludes halogenated alkanes) is 9. The molecule has 0 aliphatic heterocycles. The molecule has 2 rings (SSSR count). The predicted molar refractivity (Wildman–Crippen MR) is 91.7 cm³/mol. The third-order valence-corrected chi connectivity index (χ3v) is 5.41. The van der Waals surface area contributed by atoms with E-state index in [0.717, 1.165) is 19.3 Å². The second-order valence-corrected chi connectivity index (χ2v) is 7.34. The molecule has 2 aliphatic rings. The maximum Gasteiger partial charge on any atom is 0.315 e. The number of hydrogen-bond donors (Lipinski definition) is 0. The Hall–Kier alpha value is -0.790. The van der Waals surface area contributed by atoms with E-state index in [1.54, 1.807) is 0 Å². The van der Waals surface area contributed by atoms with Crippen LogP contribution in [0.4, 0.5) is 0 Å². The number of allylic oxidation sites excluding steroid dienone is 1. The van der Waals surface area contributed by atoms with Gasteiger partial charge in [-0.05, 0) is 31.6 Å². The van der Waals surface area contributed by atoms with Crippen molar-refractivity contribution in [3.05, 3.63) is 12.2 Å². The summed E-state index contributed by atoms with van der Waals surface area (Å²) in [6.45, 7) is 2.88. The molecule has 0 N–H and O–H groups in total. The van der Waals surface area contributed by atoms with Gasteiger partial charge in [-0.2, -0.15) is 0 Å². The van der Waals surface area contributed by atoms with Gasteiger partial charge in [0.05, 0.1) is 12.0 Å². The Bertz CT molecular complexity index is 361. The SMILES string of the molecule is CCCCCCCCCCCCOC(=O)C12C=CC(CC1)C2. The molecule has 0 radical (unpaired) electrons. The highest BCUT2D eigenvalue weighted by atomic mass is 16.5. The molecule has 0 aromatic carbocycles. The van der Waals surface area contributed by atoms with E-state index in [0.29, 0.717) is 12.5 Å². The first-order valence-corrected chi connectivity index (χ1v) is 9.63. The van der Waals surface area contributed by atoms with Gasteiger partial charge in [-0.1, -0.05) is 76.9 Å². The van der Waals surface area contributed by atoms with Gasteiger partial charge in [-0.15, -0.1) is 0 Å². The van der Waals surface area contributed by atoms with Crippen LogP contribution in [0.25, 0.3) is 0 Å². The Labute approximate surface area is 136 Å². The van der Waals surface area contributed by atoms with Crippen LogP contribution in [0.1, 0.15) is 90.4 Å². The third-order valence-electron chi connectivity index (χ3n) is 5.41. The maximum absolute atomic E-state index is 12.2. The molecule has 2 atom stereocenters. The van der Waals surface area contributed by atoms with E-state index in [1.165, 1.54) is 64.2 Å². The summed E-state index contributed by atoms with van der Waals surface area (Å²) >= 11 is 0. The van der Waals surface area contributed by atoms with Crippen LogP contribution in [0.15, 0.2) is 12.2 Å². The second kappa shape index (κ2) is 9.37. The Kier molecular flexibility index (Phi) is 7.48. The molecular formula is C20H34O2. The van der Waals surface area contributed by atoms with Crippen LogP contribution in [0.2, 0.25) is 0 Å². The van der Waals surface area contributed by atoms with Gasteiger partial charge in [0, 0.05) is 0 Å². The van der Waals surface area contributed by atoms with Crippen molar-refractivity contribution in [3.63, 3.8) is 0 Å². The Balaban J connectivity index is 1.40. The van der Waals surface area contributed by atoms with Crippen molar-refractivity contribution < 1.29 is 9.53 Å². The molecule has 0 saturated heterocycles. The molecule has 0 aromatic rings. The first-order chi connectivity index (χ1) is 10.8. The summed E-state index contributed by atoms with van der Waals surface area (Å²) in [7, 11) is 0. The number of carbonyl (C=O) groups is 1. The lowest BCUT2D eigenvalue weighted by atomic mass is 9.88. The lowest BCUT2D eigenvalue weighted by molar-refractivity contribution is -0.152. The molecule has 0 spiro atoms. The summed E-state index contributed by atoms with van der Waals surface area (Å²) in [5.74, 6) is 0.685. The van der Waals surface area contributed by atoms with Gasteiger partial charge in [-0.3, -0.25) is 4.79 Å². The van der Waals surface area contributed by atoms with E-state index in [2.05, 4.69) is 19.1 Å². The number of fused-ring (bicyclic) bond motifs is 2. The van der Waals surface area contributed by atoms with Crippen LogP contribution in [0, 0.1) is 11.3 Å². The summed E-state index contributed by atoms with van der Waals surface area (Å²) in [5, 5.41) is 0. The van der Waals surface area contributed by atoms with Gasteiger partial charge < -0.3 is 4.74 Å². The molecule has 1 saturated carbocycles. The van der Waals surface area contributed by atoms with Crippen molar-refractivity contribution in [2.75, 3.05) is 6.61 Å². The molecule has 0 heterocycles. The number of esters is 1. The van der Waals surface area contributed by atoms with Crippen LogP contribution in [-0.4, -0.2) is 12.6 Å².